The smallest absolute Gasteiger partial charge is 0.291 e. The molecular formula is C11H10F3N3O. The maximum atomic E-state index is 12.3. The van der Waals surface area contributed by atoms with Crippen LogP contribution in [0.15, 0.2) is 36.7 Å². The molecule has 0 aliphatic carbocycles. The molecule has 18 heavy (non-hydrogen) atoms. The van der Waals surface area contributed by atoms with Gasteiger partial charge in [-0.2, -0.15) is 18.3 Å². The topological polar surface area (TPSA) is 50.1 Å². The Hall–Kier alpha value is -2.02. The third-order valence-corrected chi connectivity index (χ3v) is 2.39. The predicted molar refractivity (Wildman–Crippen MR) is 58.2 cm³/mol. The molecule has 0 aliphatic heterocycles. The number of nitrogens with one attached hydrogen (secondary N) is 1. The van der Waals surface area contributed by atoms with Crippen LogP contribution in [-0.2, 0) is 12.7 Å². The second-order valence-corrected chi connectivity index (χ2v) is 3.73. The van der Waals surface area contributed by atoms with Gasteiger partial charge in [-0.15, -0.1) is 0 Å². The van der Waals surface area contributed by atoms with Crippen molar-refractivity contribution in [1.29, 1.82) is 0 Å². The van der Waals surface area contributed by atoms with Crippen LogP contribution in [0.2, 0.25) is 0 Å². The molecule has 0 fully saturated rings. The normalized spacial score (nSPS) is 11.6. The minimum atomic E-state index is -4.32. The summed E-state index contributed by atoms with van der Waals surface area (Å²) < 4.78 is 38.5. The maximum Gasteiger partial charge on any atom is 0.416 e. The number of anilines is 1. The van der Waals surface area contributed by atoms with E-state index in [4.69, 9.17) is 5.21 Å². The van der Waals surface area contributed by atoms with Gasteiger partial charge in [-0.1, -0.05) is 12.1 Å². The summed E-state index contributed by atoms with van der Waals surface area (Å²) >= 11 is 0. The van der Waals surface area contributed by atoms with E-state index in [0.717, 1.165) is 12.1 Å². The van der Waals surface area contributed by atoms with Crippen LogP contribution in [0.1, 0.15) is 11.1 Å². The minimum absolute atomic E-state index is 0.333. The third kappa shape index (κ3) is 2.80. The molecule has 1 heterocycles. The Labute approximate surface area is 101 Å². The lowest BCUT2D eigenvalue weighted by molar-refractivity contribution is -0.137. The standard InChI is InChI=1S/C11H10F3N3O/c12-11(13,14)9-3-1-8(2-4-9)6-17-7-10(16-18)5-15-17/h1-5,7,16,18H,6H2. The van der Waals surface area contributed by atoms with E-state index in [2.05, 4.69) is 5.10 Å². The van der Waals surface area contributed by atoms with E-state index in [0.29, 0.717) is 17.8 Å². The number of hydrogen-bond acceptors (Lipinski definition) is 3. The molecule has 4 nitrogen and oxygen atoms in total. The summed E-state index contributed by atoms with van der Waals surface area (Å²) in [5, 5.41) is 12.5. The Balaban J connectivity index is 2.11. The van der Waals surface area contributed by atoms with Crippen molar-refractivity contribution in [3.63, 3.8) is 0 Å². The lowest BCUT2D eigenvalue weighted by Gasteiger charge is -2.07. The Kier molecular flexibility index (Phi) is 3.24. The number of aromatic nitrogens is 2. The molecule has 0 atom stereocenters. The molecule has 0 amide bonds. The summed E-state index contributed by atoms with van der Waals surface area (Å²) in [5.41, 5.74) is 2.36. The van der Waals surface area contributed by atoms with Crippen molar-refractivity contribution >= 4 is 5.69 Å². The van der Waals surface area contributed by atoms with Crippen molar-refractivity contribution in [2.45, 2.75) is 12.7 Å². The molecule has 0 spiro atoms. The number of halogens is 3. The zero-order chi connectivity index (χ0) is 13.2. The lowest BCUT2D eigenvalue weighted by atomic mass is 10.1. The highest BCUT2D eigenvalue weighted by molar-refractivity contribution is 5.35. The van der Waals surface area contributed by atoms with E-state index in [1.165, 1.54) is 29.2 Å². The van der Waals surface area contributed by atoms with Gasteiger partial charge in [0.05, 0.1) is 30.2 Å². The molecular weight excluding hydrogens is 247 g/mol. The average molecular weight is 257 g/mol. The number of benzene rings is 1. The minimum Gasteiger partial charge on any atom is -0.291 e. The van der Waals surface area contributed by atoms with Gasteiger partial charge in [0, 0.05) is 0 Å². The van der Waals surface area contributed by atoms with Gasteiger partial charge in [0.25, 0.3) is 0 Å². The largest absolute Gasteiger partial charge is 0.416 e. The number of hydrogen-bond donors (Lipinski definition) is 2. The monoisotopic (exact) mass is 257 g/mol. The van der Waals surface area contributed by atoms with E-state index in [1.807, 2.05) is 5.48 Å². The van der Waals surface area contributed by atoms with Crippen molar-refractivity contribution in [3.05, 3.63) is 47.8 Å². The van der Waals surface area contributed by atoms with Crippen LogP contribution in [0.25, 0.3) is 0 Å². The van der Waals surface area contributed by atoms with Crippen LogP contribution in [0.5, 0.6) is 0 Å². The zero-order valence-corrected chi connectivity index (χ0v) is 9.15. The van der Waals surface area contributed by atoms with Gasteiger partial charge < -0.3 is 0 Å². The van der Waals surface area contributed by atoms with Crippen LogP contribution >= 0.6 is 0 Å². The molecule has 1 aromatic heterocycles. The van der Waals surface area contributed by atoms with E-state index in [1.54, 1.807) is 0 Å². The molecule has 0 aliphatic rings. The van der Waals surface area contributed by atoms with Gasteiger partial charge in [-0.25, -0.2) is 0 Å². The molecule has 2 rings (SSSR count). The van der Waals surface area contributed by atoms with Gasteiger partial charge in [0.2, 0.25) is 0 Å². The van der Waals surface area contributed by atoms with E-state index in [9.17, 15) is 13.2 Å². The van der Waals surface area contributed by atoms with Crippen molar-refractivity contribution in [3.8, 4) is 0 Å². The van der Waals surface area contributed by atoms with E-state index < -0.39 is 11.7 Å². The predicted octanol–water partition coefficient (Wildman–Crippen LogP) is 2.75. The zero-order valence-electron chi connectivity index (χ0n) is 9.15. The summed E-state index contributed by atoms with van der Waals surface area (Å²) in [6, 6.07) is 4.86. The second kappa shape index (κ2) is 4.69. The molecule has 0 bridgehead atoms. The fourth-order valence-electron chi connectivity index (χ4n) is 1.49. The first-order chi connectivity index (χ1) is 8.49. The first-order valence-corrected chi connectivity index (χ1v) is 5.08. The van der Waals surface area contributed by atoms with Crippen LogP contribution in [-0.4, -0.2) is 15.0 Å². The molecule has 2 N–H and O–H groups in total. The molecule has 0 saturated heterocycles. The SMILES string of the molecule is ONc1cnn(Cc2ccc(C(F)(F)F)cc2)c1. The quantitative estimate of drug-likeness (QED) is 0.831. The number of rotatable bonds is 3. The molecule has 1 aromatic carbocycles. The van der Waals surface area contributed by atoms with Crippen LogP contribution in [0.3, 0.4) is 0 Å². The fourth-order valence-corrected chi connectivity index (χ4v) is 1.49. The summed E-state index contributed by atoms with van der Waals surface area (Å²) in [4.78, 5) is 0. The summed E-state index contributed by atoms with van der Waals surface area (Å²) in [6.45, 7) is 0.333. The first kappa shape index (κ1) is 12.4. The van der Waals surface area contributed by atoms with E-state index >= 15 is 0 Å². The molecule has 0 unspecified atom stereocenters. The van der Waals surface area contributed by atoms with Crippen LogP contribution in [0.4, 0.5) is 18.9 Å². The van der Waals surface area contributed by atoms with Crippen molar-refractivity contribution in [2.24, 2.45) is 0 Å². The van der Waals surface area contributed by atoms with Crippen LogP contribution < -0.4 is 5.48 Å². The highest BCUT2D eigenvalue weighted by Gasteiger charge is 2.29. The van der Waals surface area contributed by atoms with Crippen molar-refractivity contribution < 1.29 is 18.4 Å². The van der Waals surface area contributed by atoms with Gasteiger partial charge in [0.1, 0.15) is 0 Å². The number of alkyl halides is 3. The average Bonchev–Trinajstić information content (AvgIpc) is 2.76. The highest BCUT2D eigenvalue weighted by Crippen LogP contribution is 2.29. The molecule has 0 radical (unpaired) electrons. The molecule has 2 aromatic rings. The highest BCUT2D eigenvalue weighted by atomic mass is 19.4. The van der Waals surface area contributed by atoms with Crippen molar-refractivity contribution in [1.82, 2.24) is 9.78 Å². The maximum absolute atomic E-state index is 12.3. The molecule has 96 valence electrons. The number of nitrogens with zero attached hydrogens (tertiary/aromatic N) is 2. The van der Waals surface area contributed by atoms with Crippen LogP contribution in [0, 0.1) is 0 Å². The Morgan fingerprint density at radius 2 is 1.89 bits per heavy atom. The Morgan fingerprint density at radius 3 is 2.39 bits per heavy atom. The molecule has 7 heteroatoms. The van der Waals surface area contributed by atoms with Gasteiger partial charge in [-0.3, -0.25) is 15.4 Å². The summed E-state index contributed by atoms with van der Waals surface area (Å²) in [5.74, 6) is 0. The summed E-state index contributed by atoms with van der Waals surface area (Å²) in [7, 11) is 0. The van der Waals surface area contributed by atoms with Crippen molar-refractivity contribution in [2.75, 3.05) is 5.48 Å². The van der Waals surface area contributed by atoms with Gasteiger partial charge in [-0.05, 0) is 17.7 Å². The van der Waals surface area contributed by atoms with Gasteiger partial charge >= 0.3 is 6.18 Å². The van der Waals surface area contributed by atoms with E-state index in [-0.39, 0.29) is 0 Å². The first-order valence-electron chi connectivity index (χ1n) is 5.08. The lowest BCUT2D eigenvalue weighted by Crippen LogP contribution is -2.05. The molecule has 0 saturated carbocycles. The summed E-state index contributed by atoms with van der Waals surface area (Å²) in [6.07, 6.45) is -1.38. The Morgan fingerprint density at radius 1 is 1.22 bits per heavy atom. The fraction of sp³-hybridized carbons (Fsp3) is 0.182. The second-order valence-electron chi connectivity index (χ2n) is 3.73. The Bertz CT molecular complexity index is 519. The van der Waals surface area contributed by atoms with Gasteiger partial charge in [0.15, 0.2) is 0 Å². The third-order valence-electron chi connectivity index (χ3n) is 2.39.